The summed E-state index contributed by atoms with van der Waals surface area (Å²) in [4.78, 5) is 0. The molecule has 0 fully saturated rings. The summed E-state index contributed by atoms with van der Waals surface area (Å²) in [7, 11) is 0. The number of hydrogen-bond donors (Lipinski definition) is 2. The highest BCUT2D eigenvalue weighted by atomic mass is 16.3. The van der Waals surface area contributed by atoms with Gasteiger partial charge in [-0.1, -0.05) is 24.3 Å². The Morgan fingerprint density at radius 2 is 1.17 bits per heavy atom. The second kappa shape index (κ2) is 6.05. The maximum atomic E-state index is 9.02. The van der Waals surface area contributed by atoms with Gasteiger partial charge in [0.25, 0.3) is 0 Å². The van der Waals surface area contributed by atoms with E-state index in [2.05, 4.69) is 10.2 Å². The van der Waals surface area contributed by atoms with Gasteiger partial charge in [-0.3, -0.25) is 0 Å². The number of benzene rings is 2. The van der Waals surface area contributed by atoms with Crippen molar-refractivity contribution in [2.75, 3.05) is 0 Å². The van der Waals surface area contributed by atoms with E-state index in [9.17, 15) is 0 Å². The standard InChI is InChI=1S/C14H14N2O2/c17-9-11-3-1-5-13(7-11)15-16-14-6-2-4-12(8-14)10-18/h1-8,17-18H,9-10H2. The molecule has 0 atom stereocenters. The molecule has 2 aromatic carbocycles. The summed E-state index contributed by atoms with van der Waals surface area (Å²) in [5.74, 6) is 0. The van der Waals surface area contributed by atoms with Crippen molar-refractivity contribution in [2.24, 2.45) is 10.2 Å². The van der Waals surface area contributed by atoms with Crippen molar-refractivity contribution in [1.29, 1.82) is 0 Å². The SMILES string of the molecule is OCc1cccc(N=Nc2cccc(CO)c2)c1. The Balaban J connectivity index is 2.18. The van der Waals surface area contributed by atoms with E-state index in [1.54, 1.807) is 12.1 Å². The zero-order valence-corrected chi connectivity index (χ0v) is 9.82. The van der Waals surface area contributed by atoms with E-state index >= 15 is 0 Å². The van der Waals surface area contributed by atoms with Crippen molar-refractivity contribution in [3.8, 4) is 0 Å². The molecule has 4 heteroatoms. The number of azo groups is 1. The lowest BCUT2D eigenvalue weighted by Gasteiger charge is -1.98. The van der Waals surface area contributed by atoms with Gasteiger partial charge in [-0.25, -0.2) is 0 Å². The molecule has 2 aromatic rings. The van der Waals surface area contributed by atoms with Gasteiger partial charge in [0.1, 0.15) is 0 Å². The van der Waals surface area contributed by atoms with Crippen LogP contribution in [0.2, 0.25) is 0 Å². The predicted octanol–water partition coefficient (Wildman–Crippen LogP) is 3.09. The summed E-state index contributed by atoms with van der Waals surface area (Å²) in [6.07, 6.45) is 0. The number of aliphatic hydroxyl groups is 2. The molecule has 0 bridgehead atoms. The summed E-state index contributed by atoms with van der Waals surface area (Å²) in [6.45, 7) is -0.0211. The minimum Gasteiger partial charge on any atom is -0.392 e. The average Bonchev–Trinajstić information content (AvgIpc) is 2.45. The van der Waals surface area contributed by atoms with E-state index in [1.807, 2.05) is 36.4 Å². The lowest BCUT2D eigenvalue weighted by Crippen LogP contribution is -1.80. The smallest absolute Gasteiger partial charge is 0.0860 e. The summed E-state index contributed by atoms with van der Waals surface area (Å²) >= 11 is 0. The van der Waals surface area contributed by atoms with Crippen LogP contribution in [0, 0.1) is 0 Å². The lowest BCUT2D eigenvalue weighted by molar-refractivity contribution is 0.281. The Hall–Kier alpha value is -2.04. The van der Waals surface area contributed by atoms with Gasteiger partial charge in [0.2, 0.25) is 0 Å². The van der Waals surface area contributed by atoms with E-state index in [0.29, 0.717) is 11.4 Å². The Morgan fingerprint density at radius 3 is 1.56 bits per heavy atom. The first-order valence-corrected chi connectivity index (χ1v) is 5.63. The van der Waals surface area contributed by atoms with E-state index in [0.717, 1.165) is 11.1 Å². The molecule has 0 saturated heterocycles. The monoisotopic (exact) mass is 242 g/mol. The molecular formula is C14H14N2O2. The first-order chi connectivity index (χ1) is 8.81. The third-order valence-electron chi connectivity index (χ3n) is 2.47. The molecule has 0 radical (unpaired) electrons. The summed E-state index contributed by atoms with van der Waals surface area (Å²) in [6, 6.07) is 14.5. The Bertz CT molecular complexity index is 503. The van der Waals surface area contributed by atoms with Crippen LogP contribution in [0.25, 0.3) is 0 Å². The van der Waals surface area contributed by atoms with Gasteiger partial charge < -0.3 is 10.2 Å². The Kier molecular flexibility index (Phi) is 4.17. The van der Waals surface area contributed by atoms with Crippen molar-refractivity contribution < 1.29 is 10.2 Å². The van der Waals surface area contributed by atoms with Gasteiger partial charge in [-0.05, 0) is 35.4 Å². The summed E-state index contributed by atoms with van der Waals surface area (Å²) in [5.41, 5.74) is 2.98. The maximum Gasteiger partial charge on any atom is 0.0860 e. The summed E-state index contributed by atoms with van der Waals surface area (Å²) in [5, 5.41) is 26.2. The van der Waals surface area contributed by atoms with Crippen LogP contribution in [0.3, 0.4) is 0 Å². The first kappa shape index (κ1) is 12.4. The molecule has 2 N–H and O–H groups in total. The molecule has 0 saturated carbocycles. The van der Waals surface area contributed by atoms with Crippen LogP contribution in [0.5, 0.6) is 0 Å². The minimum absolute atomic E-state index is 0.0106. The second-order valence-corrected chi connectivity index (χ2v) is 3.86. The fourth-order valence-corrected chi connectivity index (χ4v) is 1.55. The van der Waals surface area contributed by atoms with Gasteiger partial charge in [0.15, 0.2) is 0 Å². The van der Waals surface area contributed by atoms with Crippen molar-refractivity contribution in [3.63, 3.8) is 0 Å². The molecule has 0 spiro atoms. The maximum absolute atomic E-state index is 9.02. The third-order valence-corrected chi connectivity index (χ3v) is 2.47. The van der Waals surface area contributed by atoms with Crippen LogP contribution in [-0.4, -0.2) is 10.2 Å². The molecule has 18 heavy (non-hydrogen) atoms. The summed E-state index contributed by atoms with van der Waals surface area (Å²) < 4.78 is 0. The third kappa shape index (κ3) is 3.23. The quantitative estimate of drug-likeness (QED) is 0.809. The van der Waals surface area contributed by atoms with Gasteiger partial charge in [0, 0.05) is 0 Å². The Labute approximate surface area is 105 Å². The number of aliphatic hydroxyl groups excluding tert-OH is 2. The molecule has 4 nitrogen and oxygen atoms in total. The van der Waals surface area contributed by atoms with Crippen LogP contribution < -0.4 is 0 Å². The van der Waals surface area contributed by atoms with Crippen LogP contribution in [0.15, 0.2) is 58.8 Å². The van der Waals surface area contributed by atoms with E-state index in [-0.39, 0.29) is 13.2 Å². The molecule has 2 rings (SSSR count). The lowest BCUT2D eigenvalue weighted by atomic mass is 10.2. The molecular weight excluding hydrogens is 228 g/mol. The van der Waals surface area contributed by atoms with E-state index < -0.39 is 0 Å². The highest BCUT2D eigenvalue weighted by Crippen LogP contribution is 2.20. The van der Waals surface area contributed by atoms with Crippen LogP contribution in [0.4, 0.5) is 11.4 Å². The topological polar surface area (TPSA) is 65.2 Å². The normalized spacial score (nSPS) is 11.0. The highest BCUT2D eigenvalue weighted by Gasteiger charge is 1.95. The molecule has 0 aliphatic carbocycles. The van der Waals surface area contributed by atoms with Crippen LogP contribution >= 0.6 is 0 Å². The highest BCUT2D eigenvalue weighted by molar-refractivity contribution is 5.43. The zero-order chi connectivity index (χ0) is 12.8. The van der Waals surface area contributed by atoms with Crippen molar-refractivity contribution in [2.45, 2.75) is 13.2 Å². The minimum atomic E-state index is -0.0106. The van der Waals surface area contributed by atoms with Crippen molar-refractivity contribution in [3.05, 3.63) is 59.7 Å². The number of rotatable bonds is 4. The molecule has 0 unspecified atom stereocenters. The molecule has 0 aliphatic rings. The van der Waals surface area contributed by atoms with Crippen LogP contribution in [0.1, 0.15) is 11.1 Å². The molecule has 0 aromatic heterocycles. The molecule has 92 valence electrons. The fraction of sp³-hybridized carbons (Fsp3) is 0.143. The van der Waals surface area contributed by atoms with E-state index in [4.69, 9.17) is 10.2 Å². The van der Waals surface area contributed by atoms with Gasteiger partial charge in [0.05, 0.1) is 24.6 Å². The Morgan fingerprint density at radius 1 is 0.722 bits per heavy atom. The number of nitrogens with zero attached hydrogens (tertiary/aromatic N) is 2. The first-order valence-electron chi connectivity index (χ1n) is 5.63. The van der Waals surface area contributed by atoms with Crippen molar-refractivity contribution in [1.82, 2.24) is 0 Å². The second-order valence-electron chi connectivity index (χ2n) is 3.86. The van der Waals surface area contributed by atoms with Gasteiger partial charge >= 0.3 is 0 Å². The molecule has 0 heterocycles. The largest absolute Gasteiger partial charge is 0.392 e. The van der Waals surface area contributed by atoms with Crippen LogP contribution in [-0.2, 0) is 13.2 Å². The van der Waals surface area contributed by atoms with Gasteiger partial charge in [-0.2, -0.15) is 10.2 Å². The fourth-order valence-electron chi connectivity index (χ4n) is 1.55. The average molecular weight is 242 g/mol. The molecule has 0 amide bonds. The van der Waals surface area contributed by atoms with Crippen molar-refractivity contribution >= 4 is 11.4 Å². The van der Waals surface area contributed by atoms with Gasteiger partial charge in [-0.15, -0.1) is 0 Å². The molecule has 0 aliphatic heterocycles. The predicted molar refractivity (Wildman–Crippen MR) is 68.9 cm³/mol. The number of hydrogen-bond acceptors (Lipinski definition) is 4. The zero-order valence-electron chi connectivity index (χ0n) is 9.82. The van der Waals surface area contributed by atoms with E-state index in [1.165, 1.54) is 0 Å².